The number of ether oxygens (including phenoxy) is 1. The Bertz CT molecular complexity index is 737. The predicted molar refractivity (Wildman–Crippen MR) is 81.3 cm³/mol. The van der Waals surface area contributed by atoms with Gasteiger partial charge in [-0.05, 0) is 40.2 Å². The quantitative estimate of drug-likeness (QED) is 0.865. The molecule has 1 aliphatic rings. The Hall–Kier alpha value is -2.55. The van der Waals surface area contributed by atoms with Crippen LogP contribution >= 0.6 is 0 Å². The molecule has 0 spiro atoms. The highest BCUT2D eigenvalue weighted by Crippen LogP contribution is 2.40. The van der Waals surface area contributed by atoms with Gasteiger partial charge in [0.05, 0.1) is 12.2 Å². The molecule has 0 saturated carbocycles. The van der Waals surface area contributed by atoms with E-state index >= 15 is 0 Å². The van der Waals surface area contributed by atoms with E-state index in [1.165, 1.54) is 13.1 Å². The minimum Gasteiger partial charge on any atom is -0.464 e. The Balaban J connectivity index is 2.80. The van der Waals surface area contributed by atoms with Crippen molar-refractivity contribution in [3.05, 3.63) is 28.6 Å². The summed E-state index contributed by atoms with van der Waals surface area (Å²) >= 11 is 0. The number of ketones is 1. The van der Waals surface area contributed by atoms with E-state index in [-0.39, 0.29) is 12.4 Å². The minimum absolute atomic E-state index is 0.215. The lowest BCUT2D eigenvalue weighted by Crippen LogP contribution is -2.47. The predicted octanol–water partition coefficient (Wildman–Crippen LogP) is 2.15. The summed E-state index contributed by atoms with van der Waals surface area (Å²) in [7, 11) is 0. The SMILES string of the molecule is CCOC(=O)C1(C)C(C(C)=O)=CNc2c(C#N)c(C)c(C)n21. The van der Waals surface area contributed by atoms with Gasteiger partial charge in [-0.2, -0.15) is 5.26 Å². The second kappa shape index (κ2) is 5.34. The van der Waals surface area contributed by atoms with E-state index in [1.807, 2.05) is 13.8 Å². The number of nitrogens with one attached hydrogen (secondary N) is 1. The van der Waals surface area contributed by atoms with Gasteiger partial charge in [-0.1, -0.05) is 0 Å². The maximum absolute atomic E-state index is 12.6. The first kappa shape index (κ1) is 15.8. The number of fused-ring (bicyclic) bond motifs is 1. The number of nitriles is 1. The molecule has 0 fully saturated rings. The van der Waals surface area contributed by atoms with Crippen molar-refractivity contribution in [3.8, 4) is 6.07 Å². The number of rotatable bonds is 3. The molecular weight excluding hydrogens is 282 g/mol. The first-order valence-corrected chi connectivity index (χ1v) is 7.08. The third-order valence-electron chi connectivity index (χ3n) is 4.20. The maximum atomic E-state index is 12.6. The van der Waals surface area contributed by atoms with Gasteiger partial charge in [-0.25, -0.2) is 4.79 Å². The Kier molecular flexibility index (Phi) is 3.84. The molecule has 0 saturated heterocycles. The van der Waals surface area contributed by atoms with Crippen LogP contribution in [0.1, 0.15) is 37.6 Å². The second-order valence-electron chi connectivity index (χ2n) is 5.43. The largest absolute Gasteiger partial charge is 0.464 e. The molecule has 2 rings (SSSR count). The molecule has 1 N–H and O–H groups in total. The highest BCUT2D eigenvalue weighted by Gasteiger charge is 2.47. The van der Waals surface area contributed by atoms with Gasteiger partial charge >= 0.3 is 5.97 Å². The van der Waals surface area contributed by atoms with Crippen molar-refractivity contribution in [1.29, 1.82) is 5.26 Å². The average Bonchev–Trinajstić information content (AvgIpc) is 2.71. The smallest absolute Gasteiger partial charge is 0.336 e. The normalized spacial score (nSPS) is 19.5. The van der Waals surface area contributed by atoms with E-state index in [0.29, 0.717) is 17.0 Å². The van der Waals surface area contributed by atoms with Crippen molar-refractivity contribution < 1.29 is 14.3 Å². The lowest BCUT2D eigenvalue weighted by Gasteiger charge is -2.36. The second-order valence-corrected chi connectivity index (χ2v) is 5.43. The molecule has 0 bridgehead atoms. The number of carbonyl (C=O) groups is 2. The molecule has 22 heavy (non-hydrogen) atoms. The first-order chi connectivity index (χ1) is 10.3. The third-order valence-corrected chi connectivity index (χ3v) is 4.20. The van der Waals surface area contributed by atoms with Crippen LogP contribution < -0.4 is 5.32 Å². The van der Waals surface area contributed by atoms with Crippen LogP contribution in [-0.4, -0.2) is 22.9 Å². The van der Waals surface area contributed by atoms with Crippen LogP contribution in [0.3, 0.4) is 0 Å². The van der Waals surface area contributed by atoms with Gasteiger partial charge in [0.25, 0.3) is 0 Å². The van der Waals surface area contributed by atoms with Crippen molar-refractivity contribution in [1.82, 2.24) is 4.57 Å². The number of hydrogen-bond acceptors (Lipinski definition) is 5. The zero-order valence-electron chi connectivity index (χ0n) is 13.4. The molecule has 1 aromatic heterocycles. The number of anilines is 1. The average molecular weight is 301 g/mol. The van der Waals surface area contributed by atoms with Crippen molar-refractivity contribution in [3.63, 3.8) is 0 Å². The molecular formula is C16H19N3O3. The maximum Gasteiger partial charge on any atom is 0.336 e. The van der Waals surface area contributed by atoms with E-state index < -0.39 is 11.5 Å². The van der Waals surface area contributed by atoms with Crippen LogP contribution in [0.25, 0.3) is 0 Å². The van der Waals surface area contributed by atoms with Crippen molar-refractivity contribution in [2.75, 3.05) is 11.9 Å². The van der Waals surface area contributed by atoms with E-state index in [0.717, 1.165) is 11.3 Å². The van der Waals surface area contributed by atoms with Gasteiger partial charge in [-0.15, -0.1) is 0 Å². The Labute approximate surface area is 129 Å². The molecule has 116 valence electrons. The van der Waals surface area contributed by atoms with Crippen molar-refractivity contribution >= 4 is 17.6 Å². The lowest BCUT2D eigenvalue weighted by atomic mass is 9.87. The fraction of sp³-hybridized carbons (Fsp3) is 0.438. The van der Waals surface area contributed by atoms with E-state index in [1.54, 1.807) is 18.4 Å². The molecule has 0 aromatic carbocycles. The summed E-state index contributed by atoms with van der Waals surface area (Å²) < 4.78 is 6.89. The Morgan fingerprint density at radius 1 is 1.45 bits per heavy atom. The topological polar surface area (TPSA) is 84.1 Å². The number of esters is 1. The molecule has 1 aromatic rings. The summed E-state index contributed by atoms with van der Waals surface area (Å²) in [6.07, 6.45) is 1.49. The summed E-state index contributed by atoms with van der Waals surface area (Å²) in [6.45, 7) is 8.63. The fourth-order valence-corrected chi connectivity index (χ4v) is 2.96. The van der Waals surface area contributed by atoms with Crippen LogP contribution in [0.4, 0.5) is 5.82 Å². The van der Waals surface area contributed by atoms with Crippen LogP contribution in [0.5, 0.6) is 0 Å². The van der Waals surface area contributed by atoms with Crippen LogP contribution in [0.15, 0.2) is 11.8 Å². The van der Waals surface area contributed by atoms with Crippen LogP contribution in [0, 0.1) is 25.2 Å². The Morgan fingerprint density at radius 3 is 2.59 bits per heavy atom. The van der Waals surface area contributed by atoms with Crippen molar-refractivity contribution in [2.45, 2.75) is 40.2 Å². The van der Waals surface area contributed by atoms with Gasteiger partial charge in [-0.3, -0.25) is 4.79 Å². The summed E-state index contributed by atoms with van der Waals surface area (Å²) in [5.74, 6) is -0.224. The van der Waals surface area contributed by atoms with Gasteiger partial charge in [0.1, 0.15) is 11.9 Å². The van der Waals surface area contributed by atoms with E-state index in [9.17, 15) is 14.9 Å². The minimum atomic E-state index is -1.29. The molecule has 2 heterocycles. The molecule has 0 aliphatic carbocycles. The highest BCUT2D eigenvalue weighted by molar-refractivity contribution is 6.03. The number of aromatic nitrogens is 1. The van der Waals surface area contributed by atoms with Gasteiger partial charge in [0.15, 0.2) is 11.3 Å². The number of hydrogen-bond donors (Lipinski definition) is 1. The van der Waals surface area contributed by atoms with E-state index in [4.69, 9.17) is 4.74 Å². The number of Topliss-reactive ketones (excluding diaryl/α,β-unsaturated/α-hetero) is 1. The molecule has 0 radical (unpaired) electrons. The molecule has 6 nitrogen and oxygen atoms in total. The van der Waals surface area contributed by atoms with Gasteiger partial charge in [0, 0.05) is 17.5 Å². The zero-order chi connectivity index (χ0) is 16.7. The van der Waals surface area contributed by atoms with E-state index in [2.05, 4.69) is 11.4 Å². The molecule has 1 atom stereocenters. The van der Waals surface area contributed by atoms with Crippen molar-refractivity contribution in [2.24, 2.45) is 0 Å². The van der Waals surface area contributed by atoms with Crippen LogP contribution in [0.2, 0.25) is 0 Å². The summed E-state index contributed by atoms with van der Waals surface area (Å²) in [5.41, 5.74) is 1.01. The summed E-state index contributed by atoms with van der Waals surface area (Å²) in [5, 5.41) is 12.3. The molecule has 1 unspecified atom stereocenters. The van der Waals surface area contributed by atoms with Gasteiger partial charge < -0.3 is 14.6 Å². The standard InChI is InChI=1S/C16H19N3O3/c1-6-22-15(21)16(5)13(11(4)20)8-18-14-12(7-17)9(2)10(3)19(14)16/h8,18H,6H2,1-5H3. The number of carbonyl (C=O) groups excluding carboxylic acids is 2. The summed E-state index contributed by atoms with van der Waals surface area (Å²) in [6, 6.07) is 2.15. The van der Waals surface area contributed by atoms with Crippen LogP contribution in [-0.2, 0) is 19.9 Å². The molecule has 6 heteroatoms. The number of nitrogens with zero attached hydrogens (tertiary/aromatic N) is 2. The molecule has 0 amide bonds. The summed E-state index contributed by atoms with van der Waals surface area (Å²) in [4.78, 5) is 24.6. The monoisotopic (exact) mass is 301 g/mol. The third kappa shape index (κ3) is 1.93. The van der Waals surface area contributed by atoms with Gasteiger partial charge in [0.2, 0.25) is 0 Å². The fourth-order valence-electron chi connectivity index (χ4n) is 2.96. The first-order valence-electron chi connectivity index (χ1n) is 7.08. The Morgan fingerprint density at radius 2 is 2.09 bits per heavy atom. The lowest BCUT2D eigenvalue weighted by molar-refractivity contribution is -0.152. The highest BCUT2D eigenvalue weighted by atomic mass is 16.5. The molecule has 1 aliphatic heterocycles. The zero-order valence-corrected chi connectivity index (χ0v) is 13.4.